The molecule has 0 spiro atoms. The number of amides is 2. The van der Waals surface area contributed by atoms with Crippen LogP contribution in [0, 0.1) is 16.0 Å². The minimum atomic E-state index is -0.782. The minimum absolute atomic E-state index is 0.00630. The van der Waals surface area contributed by atoms with E-state index >= 15 is 0 Å². The van der Waals surface area contributed by atoms with Gasteiger partial charge in [-0.2, -0.15) is 0 Å². The molecular weight excluding hydrogens is 434 g/mol. The van der Waals surface area contributed by atoms with E-state index in [1.54, 1.807) is 24.3 Å². The summed E-state index contributed by atoms with van der Waals surface area (Å²) in [6.07, 6.45) is -0.112. The Morgan fingerprint density at radius 1 is 1.21 bits per heavy atom. The number of carbonyl (C=O) groups is 3. The number of esters is 1. The Morgan fingerprint density at radius 3 is 2.58 bits per heavy atom. The van der Waals surface area contributed by atoms with Gasteiger partial charge in [-0.1, -0.05) is 0 Å². The number of nitro groups is 1. The molecule has 1 atom stereocenters. The smallest absolute Gasteiger partial charge is 0.311 e. The molecule has 11 nitrogen and oxygen atoms in total. The molecule has 0 saturated carbocycles. The van der Waals surface area contributed by atoms with Crippen molar-refractivity contribution >= 4 is 34.8 Å². The van der Waals surface area contributed by atoms with Gasteiger partial charge in [-0.05, 0) is 37.3 Å². The van der Waals surface area contributed by atoms with E-state index in [0.29, 0.717) is 23.7 Å². The summed E-state index contributed by atoms with van der Waals surface area (Å²) in [7, 11) is 1.33. The molecule has 2 aromatic carbocycles. The molecule has 1 aliphatic rings. The maximum absolute atomic E-state index is 12.5. The van der Waals surface area contributed by atoms with Gasteiger partial charge in [-0.3, -0.25) is 24.5 Å². The van der Waals surface area contributed by atoms with Gasteiger partial charge >= 0.3 is 5.97 Å². The van der Waals surface area contributed by atoms with Crippen LogP contribution >= 0.6 is 0 Å². The van der Waals surface area contributed by atoms with E-state index in [1.807, 2.05) is 6.92 Å². The second-order valence-corrected chi connectivity index (χ2v) is 7.13. The maximum Gasteiger partial charge on any atom is 0.311 e. The van der Waals surface area contributed by atoms with Crippen LogP contribution < -0.4 is 19.7 Å². The lowest BCUT2D eigenvalue weighted by atomic mass is 10.1. The molecule has 174 valence electrons. The lowest BCUT2D eigenvalue weighted by Gasteiger charge is -2.19. The molecule has 1 saturated heterocycles. The first-order valence-corrected chi connectivity index (χ1v) is 10.1. The highest BCUT2D eigenvalue weighted by Gasteiger charge is 2.37. The average Bonchev–Trinajstić information content (AvgIpc) is 3.19. The monoisotopic (exact) mass is 457 g/mol. The molecule has 3 rings (SSSR count). The summed E-state index contributed by atoms with van der Waals surface area (Å²) in [5.41, 5.74) is 0.653. The molecule has 2 aromatic rings. The van der Waals surface area contributed by atoms with E-state index in [0.717, 1.165) is 0 Å². The van der Waals surface area contributed by atoms with Gasteiger partial charge in [-0.25, -0.2) is 0 Å². The van der Waals surface area contributed by atoms with Crippen molar-refractivity contribution in [3.05, 3.63) is 52.6 Å². The zero-order valence-electron chi connectivity index (χ0n) is 18.1. The number of methoxy groups -OCH3 is 1. The zero-order chi connectivity index (χ0) is 24.0. The molecule has 0 aliphatic carbocycles. The Hall–Kier alpha value is -4.15. The standard InChI is InChI=1S/C22H23N3O8/c1-3-32-17-7-4-15(5-8-17)23-20(26)13-33-22(28)14-10-21(27)24(12-14)18-9-6-16(25(29)30)11-19(18)31-2/h4-9,11,14H,3,10,12-13H2,1-2H3,(H,23,26)/t14-/m1/s1. The molecule has 0 aromatic heterocycles. The van der Waals surface area contributed by atoms with E-state index in [1.165, 1.54) is 30.2 Å². The average molecular weight is 457 g/mol. The third-order valence-electron chi connectivity index (χ3n) is 4.92. The fourth-order valence-electron chi connectivity index (χ4n) is 3.35. The number of nitrogens with zero attached hydrogens (tertiary/aromatic N) is 2. The molecule has 1 N–H and O–H groups in total. The summed E-state index contributed by atoms with van der Waals surface area (Å²) in [5, 5.41) is 13.6. The first-order chi connectivity index (χ1) is 15.8. The van der Waals surface area contributed by atoms with E-state index < -0.39 is 29.3 Å². The third kappa shape index (κ3) is 5.76. The Bertz CT molecular complexity index is 1050. The molecule has 0 unspecified atom stereocenters. The fourth-order valence-corrected chi connectivity index (χ4v) is 3.35. The topological polar surface area (TPSA) is 137 Å². The van der Waals surface area contributed by atoms with Crippen LogP contribution in [0.25, 0.3) is 0 Å². The van der Waals surface area contributed by atoms with Gasteiger partial charge in [0.1, 0.15) is 11.5 Å². The van der Waals surface area contributed by atoms with Crippen LogP contribution in [0.1, 0.15) is 13.3 Å². The summed E-state index contributed by atoms with van der Waals surface area (Å²) in [4.78, 5) is 48.7. The minimum Gasteiger partial charge on any atom is -0.494 e. The van der Waals surface area contributed by atoms with E-state index in [4.69, 9.17) is 14.2 Å². The number of nitrogens with one attached hydrogen (secondary N) is 1. The fraction of sp³-hybridized carbons (Fsp3) is 0.318. The number of hydrogen-bond acceptors (Lipinski definition) is 8. The van der Waals surface area contributed by atoms with Crippen molar-refractivity contribution in [2.24, 2.45) is 5.92 Å². The third-order valence-corrected chi connectivity index (χ3v) is 4.92. The molecule has 1 heterocycles. The normalized spacial score (nSPS) is 15.2. The van der Waals surface area contributed by atoms with Gasteiger partial charge in [0.15, 0.2) is 6.61 Å². The summed E-state index contributed by atoms with van der Waals surface area (Å²) in [5.74, 6) is -1.54. The number of benzene rings is 2. The van der Waals surface area contributed by atoms with Gasteiger partial charge < -0.3 is 24.4 Å². The Morgan fingerprint density at radius 2 is 1.94 bits per heavy atom. The number of rotatable bonds is 9. The van der Waals surface area contributed by atoms with Crippen molar-refractivity contribution in [3.63, 3.8) is 0 Å². The summed E-state index contributed by atoms with van der Waals surface area (Å²) in [6, 6.07) is 10.6. The molecule has 1 aliphatic heterocycles. The molecule has 1 fully saturated rings. The van der Waals surface area contributed by atoms with Crippen LogP contribution in [-0.2, 0) is 19.1 Å². The SMILES string of the molecule is CCOc1ccc(NC(=O)COC(=O)[C@@H]2CC(=O)N(c3ccc([N+](=O)[O-])cc3OC)C2)cc1. The largest absolute Gasteiger partial charge is 0.494 e. The lowest BCUT2D eigenvalue weighted by Crippen LogP contribution is -2.28. The zero-order valence-corrected chi connectivity index (χ0v) is 18.1. The Balaban J connectivity index is 1.56. The highest BCUT2D eigenvalue weighted by atomic mass is 16.6. The van der Waals surface area contributed by atoms with E-state index in [-0.39, 0.29) is 30.3 Å². The molecule has 11 heteroatoms. The van der Waals surface area contributed by atoms with Crippen molar-refractivity contribution in [1.29, 1.82) is 0 Å². The van der Waals surface area contributed by atoms with Crippen molar-refractivity contribution in [1.82, 2.24) is 0 Å². The predicted octanol–water partition coefficient (Wildman–Crippen LogP) is 2.54. The second-order valence-electron chi connectivity index (χ2n) is 7.13. The summed E-state index contributed by atoms with van der Waals surface area (Å²) >= 11 is 0. The maximum atomic E-state index is 12.5. The first kappa shape index (κ1) is 23.5. The van der Waals surface area contributed by atoms with Gasteiger partial charge in [0.25, 0.3) is 11.6 Å². The number of hydrogen-bond donors (Lipinski definition) is 1. The van der Waals surface area contributed by atoms with Crippen LogP contribution in [0.2, 0.25) is 0 Å². The quantitative estimate of drug-likeness (QED) is 0.344. The van der Waals surface area contributed by atoms with Crippen molar-refractivity contribution < 1.29 is 33.5 Å². The van der Waals surface area contributed by atoms with Crippen LogP contribution in [0.4, 0.5) is 17.1 Å². The van der Waals surface area contributed by atoms with Crippen molar-refractivity contribution in [2.45, 2.75) is 13.3 Å². The lowest BCUT2D eigenvalue weighted by molar-refractivity contribution is -0.384. The molecule has 33 heavy (non-hydrogen) atoms. The van der Waals surface area contributed by atoms with Crippen LogP contribution in [0.5, 0.6) is 11.5 Å². The predicted molar refractivity (Wildman–Crippen MR) is 117 cm³/mol. The van der Waals surface area contributed by atoms with E-state index in [2.05, 4.69) is 5.32 Å². The van der Waals surface area contributed by atoms with Crippen LogP contribution in [0.3, 0.4) is 0 Å². The van der Waals surface area contributed by atoms with Crippen LogP contribution in [0.15, 0.2) is 42.5 Å². The molecular formula is C22H23N3O8. The second kappa shape index (κ2) is 10.4. The van der Waals surface area contributed by atoms with E-state index in [9.17, 15) is 24.5 Å². The first-order valence-electron chi connectivity index (χ1n) is 10.1. The van der Waals surface area contributed by atoms with Gasteiger partial charge in [0, 0.05) is 24.7 Å². The Labute approximate surface area is 189 Å². The van der Waals surface area contributed by atoms with Crippen LogP contribution in [-0.4, -0.2) is 49.6 Å². The number of anilines is 2. The van der Waals surface area contributed by atoms with Gasteiger partial charge in [-0.15, -0.1) is 0 Å². The number of non-ortho nitro benzene ring substituents is 1. The Kier molecular flexibility index (Phi) is 7.44. The number of ether oxygens (including phenoxy) is 3. The molecule has 0 radical (unpaired) electrons. The van der Waals surface area contributed by atoms with Gasteiger partial charge in [0.05, 0.1) is 36.3 Å². The number of nitro benzene ring substituents is 1. The highest BCUT2D eigenvalue weighted by molar-refractivity contribution is 6.01. The molecule has 0 bridgehead atoms. The van der Waals surface area contributed by atoms with Gasteiger partial charge in [0.2, 0.25) is 5.91 Å². The highest BCUT2D eigenvalue weighted by Crippen LogP contribution is 2.36. The van der Waals surface area contributed by atoms with Crippen molar-refractivity contribution in [3.8, 4) is 11.5 Å². The van der Waals surface area contributed by atoms with Crippen molar-refractivity contribution in [2.75, 3.05) is 37.1 Å². The number of carbonyl (C=O) groups excluding carboxylic acids is 3. The summed E-state index contributed by atoms with van der Waals surface area (Å²) < 4.78 is 15.6. The summed E-state index contributed by atoms with van der Waals surface area (Å²) in [6.45, 7) is 1.90. The molecule has 2 amide bonds.